The number of hydrogen-bond donors (Lipinski definition) is 1. The minimum absolute atomic E-state index is 0.00305. The first-order chi connectivity index (χ1) is 15.0. The number of hydrogen-bond acceptors (Lipinski definition) is 7. The molecular formula is C22H20N4O4S. The Morgan fingerprint density at radius 2 is 1.87 bits per heavy atom. The summed E-state index contributed by atoms with van der Waals surface area (Å²) in [5.74, 6) is 1.38. The van der Waals surface area contributed by atoms with Crippen LogP contribution in [-0.2, 0) is 4.79 Å². The molecule has 0 bridgehead atoms. The molecule has 2 aromatic rings. The van der Waals surface area contributed by atoms with Crippen LogP contribution in [0.1, 0.15) is 12.5 Å². The van der Waals surface area contributed by atoms with Crippen molar-refractivity contribution in [2.75, 3.05) is 20.3 Å². The number of thioether (sulfide) groups is 1. The number of fused-ring (bicyclic) bond motifs is 1. The number of methoxy groups -OCH3 is 1. The van der Waals surface area contributed by atoms with Crippen molar-refractivity contribution in [1.82, 2.24) is 5.01 Å². The molecule has 2 heterocycles. The zero-order valence-electron chi connectivity index (χ0n) is 17.0. The normalized spacial score (nSPS) is 16.7. The minimum Gasteiger partial charge on any atom is -0.493 e. The quantitative estimate of drug-likeness (QED) is 0.524. The lowest BCUT2D eigenvalue weighted by Gasteiger charge is -2.20. The summed E-state index contributed by atoms with van der Waals surface area (Å²) < 4.78 is 16.8. The molecule has 0 saturated carbocycles. The molecule has 158 valence electrons. The number of rotatable bonds is 7. The SMILES string of the molecule is COc1cc(/C=C2/C(=N)N3N=C(C)SC3=NC2=O)ccc1OCCOc1ccccc1. The average Bonchev–Trinajstić information content (AvgIpc) is 3.15. The molecule has 0 aromatic heterocycles. The highest BCUT2D eigenvalue weighted by Gasteiger charge is 2.34. The third-order valence-electron chi connectivity index (χ3n) is 4.41. The van der Waals surface area contributed by atoms with Crippen molar-refractivity contribution in [2.45, 2.75) is 6.92 Å². The van der Waals surface area contributed by atoms with E-state index in [1.807, 2.05) is 30.3 Å². The van der Waals surface area contributed by atoms with Crippen LogP contribution in [0.5, 0.6) is 17.2 Å². The van der Waals surface area contributed by atoms with E-state index in [1.165, 1.54) is 16.8 Å². The van der Waals surface area contributed by atoms with E-state index in [-0.39, 0.29) is 11.4 Å². The molecule has 9 heteroatoms. The van der Waals surface area contributed by atoms with E-state index in [0.29, 0.717) is 35.4 Å². The molecule has 1 amide bonds. The van der Waals surface area contributed by atoms with Crippen LogP contribution in [0, 0.1) is 5.41 Å². The van der Waals surface area contributed by atoms with E-state index in [1.54, 1.807) is 38.3 Å². The maximum absolute atomic E-state index is 12.4. The predicted octanol–water partition coefficient (Wildman–Crippen LogP) is 3.79. The topological polar surface area (TPSA) is 96.6 Å². The van der Waals surface area contributed by atoms with Gasteiger partial charge in [0.15, 0.2) is 17.3 Å². The Kier molecular flexibility index (Phi) is 6.03. The smallest absolute Gasteiger partial charge is 0.283 e. The molecule has 31 heavy (non-hydrogen) atoms. The van der Waals surface area contributed by atoms with Crippen LogP contribution in [-0.4, -0.2) is 47.3 Å². The van der Waals surface area contributed by atoms with E-state index in [0.717, 1.165) is 10.8 Å². The van der Waals surface area contributed by atoms with Gasteiger partial charge in [0.25, 0.3) is 5.91 Å². The third kappa shape index (κ3) is 4.61. The van der Waals surface area contributed by atoms with Crippen LogP contribution in [0.2, 0.25) is 0 Å². The number of carbonyl (C=O) groups excluding carboxylic acids is 1. The van der Waals surface area contributed by atoms with Gasteiger partial charge in [0.2, 0.25) is 5.17 Å². The number of ether oxygens (including phenoxy) is 3. The second-order valence-corrected chi connectivity index (χ2v) is 7.72. The van der Waals surface area contributed by atoms with Crippen LogP contribution in [0.25, 0.3) is 6.08 Å². The Morgan fingerprint density at radius 1 is 1.10 bits per heavy atom. The average molecular weight is 436 g/mol. The molecule has 0 fully saturated rings. The highest BCUT2D eigenvalue weighted by atomic mass is 32.2. The maximum Gasteiger partial charge on any atom is 0.283 e. The van der Waals surface area contributed by atoms with Gasteiger partial charge in [0, 0.05) is 0 Å². The predicted molar refractivity (Wildman–Crippen MR) is 121 cm³/mol. The molecule has 2 aromatic carbocycles. The molecule has 2 aliphatic heterocycles. The summed E-state index contributed by atoms with van der Waals surface area (Å²) in [5.41, 5.74) is 0.846. The Morgan fingerprint density at radius 3 is 2.65 bits per heavy atom. The Bertz CT molecular complexity index is 1110. The van der Waals surface area contributed by atoms with Gasteiger partial charge in [-0.15, -0.1) is 0 Å². The first-order valence-electron chi connectivity index (χ1n) is 9.50. The van der Waals surface area contributed by atoms with E-state index < -0.39 is 5.91 Å². The number of carbonyl (C=O) groups is 1. The van der Waals surface area contributed by atoms with Gasteiger partial charge in [-0.2, -0.15) is 15.1 Å². The van der Waals surface area contributed by atoms with Crippen molar-refractivity contribution < 1.29 is 19.0 Å². The molecule has 0 saturated heterocycles. The van der Waals surface area contributed by atoms with Gasteiger partial charge in [-0.1, -0.05) is 24.3 Å². The molecular weight excluding hydrogens is 416 g/mol. The fourth-order valence-electron chi connectivity index (χ4n) is 2.98. The Hall–Kier alpha value is -3.59. The van der Waals surface area contributed by atoms with Crippen molar-refractivity contribution >= 4 is 39.8 Å². The molecule has 0 aliphatic carbocycles. The largest absolute Gasteiger partial charge is 0.493 e. The monoisotopic (exact) mass is 436 g/mol. The van der Waals surface area contributed by atoms with Crippen molar-refractivity contribution in [3.8, 4) is 17.2 Å². The lowest BCUT2D eigenvalue weighted by molar-refractivity contribution is -0.114. The van der Waals surface area contributed by atoms with Gasteiger partial charge in [-0.25, -0.2) is 0 Å². The maximum atomic E-state index is 12.4. The highest BCUT2D eigenvalue weighted by molar-refractivity contribution is 8.26. The first kappa shape index (κ1) is 20.7. The van der Waals surface area contributed by atoms with Crippen LogP contribution in [0.3, 0.4) is 0 Å². The standard InChI is InChI=1S/C22H20N4O4S/c1-14-25-26-20(23)17(21(27)24-22(26)31-14)12-15-8-9-18(19(13-15)28-2)30-11-10-29-16-6-4-3-5-7-16/h3-9,12-13,23H,10-11H2,1-2H3/b17-12-,23-20?. The molecule has 4 rings (SSSR count). The second kappa shape index (κ2) is 9.05. The highest BCUT2D eigenvalue weighted by Crippen LogP contribution is 2.31. The van der Waals surface area contributed by atoms with Crippen molar-refractivity contribution in [3.05, 3.63) is 59.7 Å². The van der Waals surface area contributed by atoms with E-state index >= 15 is 0 Å². The summed E-state index contributed by atoms with van der Waals surface area (Å²) >= 11 is 1.27. The van der Waals surface area contributed by atoms with Gasteiger partial charge < -0.3 is 14.2 Å². The van der Waals surface area contributed by atoms with Crippen LogP contribution < -0.4 is 14.2 Å². The zero-order valence-corrected chi connectivity index (χ0v) is 17.8. The van der Waals surface area contributed by atoms with Gasteiger partial charge in [-0.05, 0) is 54.6 Å². The van der Waals surface area contributed by atoms with Crippen LogP contribution in [0.15, 0.2) is 64.2 Å². The van der Waals surface area contributed by atoms with Crippen LogP contribution in [0.4, 0.5) is 0 Å². The molecule has 0 radical (unpaired) electrons. The first-order valence-corrected chi connectivity index (χ1v) is 10.3. The van der Waals surface area contributed by atoms with Crippen LogP contribution >= 0.6 is 11.8 Å². The number of nitrogens with zero attached hydrogens (tertiary/aromatic N) is 3. The summed E-state index contributed by atoms with van der Waals surface area (Å²) in [5, 5.41) is 15.1. The third-order valence-corrected chi connectivity index (χ3v) is 5.23. The molecule has 1 N–H and O–H groups in total. The molecule has 8 nitrogen and oxygen atoms in total. The molecule has 0 atom stereocenters. The molecule has 0 unspecified atom stereocenters. The second-order valence-electron chi connectivity index (χ2n) is 6.56. The van der Waals surface area contributed by atoms with E-state index in [4.69, 9.17) is 19.6 Å². The Balaban J connectivity index is 1.45. The number of hydrazone groups is 1. The number of amidine groups is 2. The Labute approximate surface area is 183 Å². The number of benzene rings is 2. The van der Waals surface area contributed by atoms with Gasteiger partial charge in [0.1, 0.15) is 19.0 Å². The lowest BCUT2D eigenvalue weighted by Crippen LogP contribution is -2.35. The van der Waals surface area contributed by atoms with Crippen molar-refractivity contribution in [3.63, 3.8) is 0 Å². The fourth-order valence-corrected chi connectivity index (χ4v) is 3.71. The number of amides is 1. The van der Waals surface area contributed by atoms with E-state index in [9.17, 15) is 4.79 Å². The summed E-state index contributed by atoms with van der Waals surface area (Å²) in [6.45, 7) is 2.54. The van der Waals surface area contributed by atoms with Gasteiger partial charge >= 0.3 is 0 Å². The summed E-state index contributed by atoms with van der Waals surface area (Å²) in [6, 6.07) is 14.8. The number of nitrogens with one attached hydrogen (secondary N) is 1. The van der Waals surface area contributed by atoms with Gasteiger partial charge in [-0.3, -0.25) is 10.2 Å². The number of para-hydroxylation sites is 1. The van der Waals surface area contributed by atoms with E-state index in [2.05, 4.69) is 10.1 Å². The molecule has 0 spiro atoms. The van der Waals surface area contributed by atoms with Crippen molar-refractivity contribution in [2.24, 2.45) is 10.1 Å². The zero-order chi connectivity index (χ0) is 21.8. The minimum atomic E-state index is -0.467. The van der Waals surface area contributed by atoms with Gasteiger partial charge in [0.05, 0.1) is 17.7 Å². The lowest BCUT2D eigenvalue weighted by atomic mass is 10.1. The van der Waals surface area contributed by atoms with Crippen molar-refractivity contribution in [1.29, 1.82) is 5.41 Å². The summed E-state index contributed by atoms with van der Waals surface area (Å²) in [4.78, 5) is 16.4. The molecule has 2 aliphatic rings. The fraction of sp³-hybridized carbons (Fsp3) is 0.182. The summed E-state index contributed by atoms with van der Waals surface area (Å²) in [6.07, 6.45) is 1.60. The number of aliphatic imine (C=N–C) groups is 1. The summed E-state index contributed by atoms with van der Waals surface area (Å²) in [7, 11) is 1.54.